The van der Waals surface area contributed by atoms with Gasteiger partial charge in [-0.05, 0) is 0 Å². The molecule has 0 fully saturated rings. The summed E-state index contributed by atoms with van der Waals surface area (Å²) in [6.07, 6.45) is 6.77. The SMILES string of the molecule is c1cn(-c2ncns2)cn1. The molecule has 0 aliphatic heterocycles. The first-order valence-corrected chi connectivity index (χ1v) is 3.49. The van der Waals surface area contributed by atoms with E-state index in [9.17, 15) is 0 Å². The quantitative estimate of drug-likeness (QED) is 0.604. The second-order valence-corrected chi connectivity index (χ2v) is 2.45. The fourth-order valence-corrected chi connectivity index (χ4v) is 1.14. The molecule has 0 aliphatic carbocycles. The zero-order valence-corrected chi connectivity index (χ0v) is 5.82. The molecule has 5 heteroatoms. The number of aromatic nitrogens is 4. The van der Waals surface area contributed by atoms with Gasteiger partial charge in [-0.3, -0.25) is 4.57 Å². The molecule has 0 atom stereocenters. The average Bonchev–Trinajstić information content (AvgIpc) is 2.59. The number of nitrogens with zero attached hydrogens (tertiary/aromatic N) is 4. The summed E-state index contributed by atoms with van der Waals surface area (Å²) >= 11 is 1.34. The number of imidazole rings is 1. The van der Waals surface area contributed by atoms with Gasteiger partial charge >= 0.3 is 0 Å². The number of hydrogen-bond acceptors (Lipinski definition) is 4. The van der Waals surface area contributed by atoms with Gasteiger partial charge in [0.2, 0.25) is 5.13 Å². The molecule has 10 heavy (non-hydrogen) atoms. The number of hydrogen-bond donors (Lipinski definition) is 0. The van der Waals surface area contributed by atoms with Crippen molar-refractivity contribution < 1.29 is 0 Å². The predicted molar refractivity (Wildman–Crippen MR) is 37.0 cm³/mol. The van der Waals surface area contributed by atoms with Gasteiger partial charge in [-0.25, -0.2) is 9.97 Å². The molecule has 2 rings (SSSR count). The van der Waals surface area contributed by atoms with Gasteiger partial charge < -0.3 is 0 Å². The molecular weight excluding hydrogens is 148 g/mol. The Labute approximate surface area is 61.3 Å². The summed E-state index contributed by atoms with van der Waals surface area (Å²) < 4.78 is 5.68. The van der Waals surface area contributed by atoms with Crippen LogP contribution in [0.2, 0.25) is 0 Å². The largest absolute Gasteiger partial charge is 0.281 e. The second kappa shape index (κ2) is 2.18. The Morgan fingerprint density at radius 3 is 3.10 bits per heavy atom. The minimum absolute atomic E-state index is 0.845. The van der Waals surface area contributed by atoms with E-state index in [1.807, 2.05) is 10.8 Å². The van der Waals surface area contributed by atoms with Gasteiger partial charge in [0.25, 0.3) is 0 Å². The molecule has 2 aromatic rings. The van der Waals surface area contributed by atoms with E-state index in [1.54, 1.807) is 12.5 Å². The van der Waals surface area contributed by atoms with E-state index in [-0.39, 0.29) is 0 Å². The fourth-order valence-electron chi connectivity index (χ4n) is 0.653. The smallest absolute Gasteiger partial charge is 0.214 e. The van der Waals surface area contributed by atoms with Gasteiger partial charge in [-0.2, -0.15) is 4.37 Å². The Hall–Kier alpha value is -1.23. The zero-order valence-electron chi connectivity index (χ0n) is 5.01. The highest BCUT2D eigenvalue weighted by Crippen LogP contribution is 2.05. The van der Waals surface area contributed by atoms with E-state index in [1.165, 1.54) is 17.9 Å². The third-order valence-electron chi connectivity index (χ3n) is 1.07. The maximum atomic E-state index is 3.99. The standard InChI is InChI=1S/C5H4N4S/c1-2-9(4-6-1)5-7-3-8-10-5/h1-4H. The van der Waals surface area contributed by atoms with Crippen LogP contribution in [0.15, 0.2) is 25.0 Å². The molecule has 0 amide bonds. The first kappa shape index (κ1) is 5.55. The average molecular weight is 152 g/mol. The molecule has 0 radical (unpaired) electrons. The van der Waals surface area contributed by atoms with Crippen molar-refractivity contribution in [1.29, 1.82) is 0 Å². The third-order valence-corrected chi connectivity index (χ3v) is 1.75. The highest BCUT2D eigenvalue weighted by Gasteiger charge is 1.95. The van der Waals surface area contributed by atoms with Crippen LogP contribution in [0.5, 0.6) is 0 Å². The van der Waals surface area contributed by atoms with Crippen LogP contribution in [-0.2, 0) is 0 Å². The van der Waals surface area contributed by atoms with Crippen LogP contribution in [0.3, 0.4) is 0 Å². The van der Waals surface area contributed by atoms with Crippen molar-refractivity contribution in [3.05, 3.63) is 25.0 Å². The van der Waals surface area contributed by atoms with E-state index in [0.717, 1.165) is 5.13 Å². The predicted octanol–water partition coefficient (Wildman–Crippen LogP) is 0.724. The molecule has 50 valence electrons. The van der Waals surface area contributed by atoms with E-state index >= 15 is 0 Å². The normalized spacial score (nSPS) is 10.0. The van der Waals surface area contributed by atoms with E-state index in [2.05, 4.69) is 14.3 Å². The van der Waals surface area contributed by atoms with Crippen molar-refractivity contribution in [2.24, 2.45) is 0 Å². The summed E-state index contributed by atoms with van der Waals surface area (Å²) in [6.45, 7) is 0. The fraction of sp³-hybridized carbons (Fsp3) is 0. The first-order chi connectivity index (χ1) is 4.97. The Balaban J connectivity index is 2.48. The molecule has 4 nitrogen and oxygen atoms in total. The zero-order chi connectivity index (χ0) is 6.81. The Bertz CT molecular complexity index is 253. The molecule has 0 bridgehead atoms. The maximum absolute atomic E-state index is 3.99. The van der Waals surface area contributed by atoms with Gasteiger partial charge in [-0.1, -0.05) is 0 Å². The van der Waals surface area contributed by atoms with Crippen molar-refractivity contribution in [2.45, 2.75) is 0 Å². The Kier molecular flexibility index (Phi) is 1.21. The minimum Gasteiger partial charge on any atom is -0.281 e. The molecule has 0 aromatic carbocycles. The van der Waals surface area contributed by atoms with Gasteiger partial charge in [0.15, 0.2) is 0 Å². The molecule has 0 saturated heterocycles. The maximum Gasteiger partial charge on any atom is 0.214 e. The van der Waals surface area contributed by atoms with Crippen LogP contribution in [0.4, 0.5) is 0 Å². The van der Waals surface area contributed by atoms with Gasteiger partial charge in [0, 0.05) is 23.9 Å². The molecule has 0 unspecified atom stereocenters. The molecule has 0 spiro atoms. The molecule has 0 saturated carbocycles. The minimum atomic E-state index is 0.845. The Morgan fingerprint density at radius 2 is 2.50 bits per heavy atom. The number of rotatable bonds is 1. The summed E-state index contributed by atoms with van der Waals surface area (Å²) in [5, 5.41) is 0.845. The molecule has 2 aromatic heterocycles. The summed E-state index contributed by atoms with van der Waals surface area (Å²) in [5.41, 5.74) is 0. The molecule has 0 aliphatic rings. The Morgan fingerprint density at radius 1 is 1.50 bits per heavy atom. The second-order valence-electron chi connectivity index (χ2n) is 1.69. The van der Waals surface area contributed by atoms with Crippen LogP contribution in [0.1, 0.15) is 0 Å². The molecular formula is C5H4N4S. The lowest BCUT2D eigenvalue weighted by Gasteiger charge is -1.88. The van der Waals surface area contributed by atoms with Crippen molar-refractivity contribution in [1.82, 2.24) is 18.9 Å². The van der Waals surface area contributed by atoms with Crippen LogP contribution >= 0.6 is 11.5 Å². The van der Waals surface area contributed by atoms with Crippen LogP contribution in [0.25, 0.3) is 5.13 Å². The highest BCUT2D eigenvalue weighted by molar-refractivity contribution is 7.07. The van der Waals surface area contributed by atoms with E-state index in [4.69, 9.17) is 0 Å². The lowest BCUT2D eigenvalue weighted by molar-refractivity contribution is 1.03. The van der Waals surface area contributed by atoms with Crippen molar-refractivity contribution in [3.8, 4) is 5.13 Å². The van der Waals surface area contributed by atoms with Crippen LogP contribution in [-0.4, -0.2) is 18.9 Å². The van der Waals surface area contributed by atoms with Gasteiger partial charge in [0.05, 0.1) is 0 Å². The van der Waals surface area contributed by atoms with Crippen LogP contribution in [0, 0.1) is 0 Å². The monoisotopic (exact) mass is 152 g/mol. The topological polar surface area (TPSA) is 43.6 Å². The van der Waals surface area contributed by atoms with Crippen molar-refractivity contribution in [3.63, 3.8) is 0 Å². The third kappa shape index (κ3) is 0.801. The van der Waals surface area contributed by atoms with Crippen molar-refractivity contribution >= 4 is 11.5 Å². The summed E-state index contributed by atoms with van der Waals surface area (Å²) in [7, 11) is 0. The summed E-state index contributed by atoms with van der Waals surface area (Å²) in [6, 6.07) is 0. The highest BCUT2D eigenvalue weighted by atomic mass is 32.1. The van der Waals surface area contributed by atoms with Crippen molar-refractivity contribution in [2.75, 3.05) is 0 Å². The molecule has 2 heterocycles. The van der Waals surface area contributed by atoms with Crippen LogP contribution < -0.4 is 0 Å². The lowest BCUT2D eigenvalue weighted by atomic mass is 10.9. The first-order valence-electron chi connectivity index (χ1n) is 2.72. The summed E-state index contributed by atoms with van der Waals surface area (Å²) in [5.74, 6) is 0. The van der Waals surface area contributed by atoms with Gasteiger partial charge in [0.1, 0.15) is 12.7 Å². The molecule has 0 N–H and O–H groups in total. The van der Waals surface area contributed by atoms with E-state index in [0.29, 0.717) is 0 Å². The van der Waals surface area contributed by atoms with E-state index < -0.39 is 0 Å². The van der Waals surface area contributed by atoms with Gasteiger partial charge in [-0.15, -0.1) is 0 Å². The summed E-state index contributed by atoms with van der Waals surface area (Å²) in [4.78, 5) is 7.87. The lowest BCUT2D eigenvalue weighted by Crippen LogP contribution is -1.85.